The van der Waals surface area contributed by atoms with E-state index in [0.717, 1.165) is 48.2 Å². The number of piperidine rings is 1. The molecule has 29 heavy (non-hydrogen) atoms. The second-order valence-electron chi connectivity index (χ2n) is 7.52. The Kier molecular flexibility index (Phi) is 5.09. The van der Waals surface area contributed by atoms with E-state index < -0.39 is 23.8 Å². The van der Waals surface area contributed by atoms with E-state index in [2.05, 4.69) is 10.2 Å². The van der Waals surface area contributed by atoms with Gasteiger partial charge in [0.15, 0.2) is 4.77 Å². The van der Waals surface area contributed by atoms with E-state index in [1.807, 2.05) is 4.57 Å². The van der Waals surface area contributed by atoms with Gasteiger partial charge < -0.3 is 14.0 Å². The van der Waals surface area contributed by atoms with Crippen molar-refractivity contribution in [2.75, 3.05) is 13.1 Å². The van der Waals surface area contributed by atoms with Crippen molar-refractivity contribution in [1.29, 1.82) is 0 Å². The Morgan fingerprint density at radius 1 is 1.31 bits per heavy atom. The van der Waals surface area contributed by atoms with Gasteiger partial charge in [0.2, 0.25) is 5.91 Å². The smallest absolute Gasteiger partial charge is 0.340 e. The molecule has 2 aromatic rings. The number of amides is 1. The Balaban J connectivity index is 1.50. The van der Waals surface area contributed by atoms with E-state index in [1.54, 1.807) is 4.90 Å². The molecule has 1 atom stereocenters. The van der Waals surface area contributed by atoms with Gasteiger partial charge in [-0.05, 0) is 50.0 Å². The number of halogens is 3. The molecule has 4 rings (SSSR count). The predicted octanol–water partition coefficient (Wildman–Crippen LogP) is 2.86. The number of hydrogen-bond acceptors (Lipinski definition) is 4. The summed E-state index contributed by atoms with van der Waals surface area (Å²) >= 11 is 5.32. The number of carbonyl (C=O) groups excluding carboxylic acids is 1. The Morgan fingerprint density at radius 2 is 2.07 bits per heavy atom. The van der Waals surface area contributed by atoms with Gasteiger partial charge in [-0.2, -0.15) is 18.3 Å². The molecule has 11 heteroatoms. The maximum atomic E-state index is 12.9. The van der Waals surface area contributed by atoms with Gasteiger partial charge in [-0.15, -0.1) is 0 Å². The number of likely N-dealkylation sites (tertiary alicyclic amines) is 1. The van der Waals surface area contributed by atoms with E-state index in [4.69, 9.17) is 12.2 Å². The quantitative estimate of drug-likeness (QED) is 0.762. The highest BCUT2D eigenvalue weighted by Gasteiger charge is 2.35. The minimum atomic E-state index is -4.75. The number of carbonyl (C=O) groups is 1. The average molecular weight is 427 g/mol. The lowest BCUT2D eigenvalue weighted by Gasteiger charge is -2.32. The summed E-state index contributed by atoms with van der Waals surface area (Å²) in [5.41, 5.74) is -2.49. The van der Waals surface area contributed by atoms with Crippen LogP contribution in [0, 0.1) is 4.77 Å². The molecule has 0 radical (unpaired) electrons. The molecule has 0 aromatic carbocycles. The molecule has 1 N–H and O–H groups in total. The largest absolute Gasteiger partial charge is 0.421 e. The van der Waals surface area contributed by atoms with Gasteiger partial charge in [0, 0.05) is 31.2 Å². The normalized spacial score (nSPS) is 20.1. The van der Waals surface area contributed by atoms with Crippen molar-refractivity contribution >= 4 is 18.1 Å². The van der Waals surface area contributed by atoms with Crippen LogP contribution in [0.5, 0.6) is 0 Å². The zero-order valence-corrected chi connectivity index (χ0v) is 16.3. The average Bonchev–Trinajstić information content (AvgIpc) is 3.44. The molecule has 1 saturated heterocycles. The Labute approximate surface area is 169 Å². The molecule has 1 amide bonds. The lowest BCUT2D eigenvalue weighted by Crippen LogP contribution is -2.43. The summed E-state index contributed by atoms with van der Waals surface area (Å²) in [5, 5.41) is 7.19. The van der Waals surface area contributed by atoms with Gasteiger partial charge in [0.05, 0.1) is 0 Å². The van der Waals surface area contributed by atoms with Gasteiger partial charge in [-0.1, -0.05) is 0 Å². The minimum Gasteiger partial charge on any atom is -0.340 e. The van der Waals surface area contributed by atoms with Gasteiger partial charge in [0.1, 0.15) is 17.9 Å². The lowest BCUT2D eigenvalue weighted by molar-refractivity contribution is -0.139. The van der Waals surface area contributed by atoms with E-state index in [-0.39, 0.29) is 11.8 Å². The molecular formula is C18H20F3N5O2S. The van der Waals surface area contributed by atoms with Crippen LogP contribution in [0.4, 0.5) is 13.2 Å². The number of pyridine rings is 1. The summed E-state index contributed by atoms with van der Waals surface area (Å²) < 4.78 is 42.2. The van der Waals surface area contributed by atoms with Crippen LogP contribution in [-0.4, -0.2) is 43.2 Å². The molecule has 1 aliphatic carbocycles. The van der Waals surface area contributed by atoms with E-state index in [0.29, 0.717) is 23.9 Å². The maximum Gasteiger partial charge on any atom is 0.421 e. The summed E-state index contributed by atoms with van der Waals surface area (Å²) in [4.78, 5) is 26.4. The van der Waals surface area contributed by atoms with Crippen molar-refractivity contribution in [3.8, 4) is 0 Å². The molecule has 1 aliphatic heterocycles. The number of aromatic nitrogens is 4. The van der Waals surface area contributed by atoms with Crippen LogP contribution in [-0.2, 0) is 17.5 Å². The summed E-state index contributed by atoms with van der Waals surface area (Å²) in [5.74, 6) is 0.439. The molecule has 2 aliphatic rings. The number of nitrogens with zero attached hydrogens (tertiary/aromatic N) is 4. The highest BCUT2D eigenvalue weighted by Crippen LogP contribution is 2.38. The molecule has 2 fully saturated rings. The lowest BCUT2D eigenvalue weighted by atomic mass is 9.97. The molecule has 0 spiro atoms. The number of H-pyrrole nitrogens is 1. The summed E-state index contributed by atoms with van der Waals surface area (Å²) in [7, 11) is 0. The zero-order chi connectivity index (χ0) is 20.8. The number of nitrogens with one attached hydrogen (secondary N) is 1. The fourth-order valence-corrected chi connectivity index (χ4v) is 4.12. The molecule has 3 heterocycles. The van der Waals surface area contributed by atoms with Gasteiger partial charge in [0.25, 0.3) is 5.56 Å². The predicted molar refractivity (Wildman–Crippen MR) is 99.9 cm³/mol. The highest BCUT2D eigenvalue weighted by atomic mass is 32.1. The van der Waals surface area contributed by atoms with Crippen LogP contribution in [0.3, 0.4) is 0 Å². The van der Waals surface area contributed by atoms with Gasteiger partial charge >= 0.3 is 6.18 Å². The monoisotopic (exact) mass is 427 g/mol. The van der Waals surface area contributed by atoms with Crippen molar-refractivity contribution in [1.82, 2.24) is 24.2 Å². The Bertz CT molecular complexity index is 1040. The second kappa shape index (κ2) is 7.43. The van der Waals surface area contributed by atoms with E-state index in [9.17, 15) is 22.8 Å². The molecule has 156 valence electrons. The standard InChI is InChI=1S/C18H20F3N5O2S/c19-18(20,21)13-4-2-8-25(16(13)28)10-14(27)24-7-1-3-11(9-24)15-22-23-17(29)26(15)12-5-6-12/h2,4,8,11-12H,1,3,5-7,9-10H2,(H,23,29). The third-order valence-electron chi connectivity index (χ3n) is 5.41. The third-order valence-corrected chi connectivity index (χ3v) is 5.70. The third kappa shape index (κ3) is 4.00. The van der Waals surface area contributed by atoms with Crippen molar-refractivity contribution < 1.29 is 18.0 Å². The fraction of sp³-hybridized carbons (Fsp3) is 0.556. The molecule has 1 saturated carbocycles. The van der Waals surface area contributed by atoms with E-state index in [1.165, 1.54) is 6.20 Å². The molecule has 2 aromatic heterocycles. The maximum absolute atomic E-state index is 12.9. The summed E-state index contributed by atoms with van der Waals surface area (Å²) in [6, 6.07) is 2.20. The number of aromatic amines is 1. The van der Waals surface area contributed by atoms with Gasteiger partial charge in [-0.3, -0.25) is 14.7 Å². The first-order valence-corrected chi connectivity index (χ1v) is 9.87. The Hall–Kier alpha value is -2.43. The number of rotatable bonds is 4. The fourth-order valence-electron chi connectivity index (χ4n) is 3.83. The first-order valence-electron chi connectivity index (χ1n) is 9.47. The van der Waals surface area contributed by atoms with Crippen molar-refractivity contribution in [3.05, 3.63) is 44.8 Å². The Morgan fingerprint density at radius 3 is 2.76 bits per heavy atom. The first-order chi connectivity index (χ1) is 13.8. The number of alkyl halides is 3. The van der Waals surface area contributed by atoms with Crippen LogP contribution >= 0.6 is 12.2 Å². The molecular weight excluding hydrogens is 407 g/mol. The van der Waals surface area contributed by atoms with Gasteiger partial charge in [-0.25, -0.2) is 0 Å². The van der Waals surface area contributed by atoms with Crippen LogP contribution in [0.2, 0.25) is 0 Å². The van der Waals surface area contributed by atoms with Crippen LogP contribution in [0.15, 0.2) is 23.1 Å². The van der Waals surface area contributed by atoms with Crippen molar-refractivity contribution in [3.63, 3.8) is 0 Å². The minimum absolute atomic E-state index is 0.000480. The topological polar surface area (TPSA) is 75.9 Å². The highest BCUT2D eigenvalue weighted by molar-refractivity contribution is 7.71. The van der Waals surface area contributed by atoms with Crippen LogP contribution in [0.25, 0.3) is 0 Å². The zero-order valence-electron chi connectivity index (χ0n) is 15.5. The van der Waals surface area contributed by atoms with E-state index >= 15 is 0 Å². The summed E-state index contributed by atoms with van der Waals surface area (Å²) in [6.45, 7) is 0.474. The van der Waals surface area contributed by atoms with Crippen LogP contribution < -0.4 is 5.56 Å². The number of hydrogen-bond donors (Lipinski definition) is 1. The summed E-state index contributed by atoms with van der Waals surface area (Å²) in [6.07, 6.45) is 0.147. The first kappa shape index (κ1) is 19.9. The molecule has 7 nitrogen and oxygen atoms in total. The second-order valence-corrected chi connectivity index (χ2v) is 7.91. The van der Waals surface area contributed by atoms with Crippen LogP contribution in [0.1, 0.15) is 49.0 Å². The SMILES string of the molecule is O=C(Cn1cccc(C(F)(F)F)c1=O)N1CCCC(c2n[nH]c(=S)n2C2CC2)C1. The molecule has 0 bridgehead atoms. The van der Waals surface area contributed by atoms with Crippen molar-refractivity contribution in [2.24, 2.45) is 0 Å². The van der Waals surface area contributed by atoms with Crippen molar-refractivity contribution in [2.45, 2.75) is 50.4 Å². The molecule has 1 unspecified atom stereocenters.